The zero-order chi connectivity index (χ0) is 14.2. The van der Waals surface area contributed by atoms with Crippen LogP contribution in [0.2, 0.25) is 0 Å². The van der Waals surface area contributed by atoms with Crippen molar-refractivity contribution < 1.29 is 5.48 Å². The highest BCUT2D eigenvalue weighted by molar-refractivity contribution is 7.62. The molecule has 0 aromatic rings. The molecule has 0 rings (SSSR count). The smallest absolute Gasteiger partial charge is 0.170 e. The van der Waals surface area contributed by atoms with Gasteiger partial charge in [0.1, 0.15) is 0 Å². The summed E-state index contributed by atoms with van der Waals surface area (Å²) in [6.45, 7) is 19.7. The maximum atomic E-state index is 4.85. The van der Waals surface area contributed by atoms with E-state index in [4.69, 9.17) is 4.52 Å². The molecule has 0 heterocycles. The molecule has 0 bridgehead atoms. The van der Waals surface area contributed by atoms with E-state index in [1.807, 2.05) is 0 Å². The van der Waals surface area contributed by atoms with Crippen molar-refractivity contribution in [2.75, 3.05) is 39.3 Å². The number of hydrogen-bond donors (Lipinski definition) is 0. The summed E-state index contributed by atoms with van der Waals surface area (Å²) in [4.78, 5) is 0. The Hall–Kier alpha value is 0.500. The van der Waals surface area contributed by atoms with E-state index in [-0.39, 0.29) is 5.48 Å². The summed E-state index contributed by atoms with van der Waals surface area (Å²) < 4.78 is 12.5. The SMILES string of the molecule is CCN(CC)P(=NP)(N(CC)CC)N(CC)CC.O. The van der Waals surface area contributed by atoms with Gasteiger partial charge in [0.25, 0.3) is 0 Å². The zero-order valence-corrected chi connectivity index (χ0v) is 15.6. The molecule has 0 aliphatic heterocycles. The van der Waals surface area contributed by atoms with Crippen molar-refractivity contribution in [1.29, 1.82) is 0 Å². The van der Waals surface area contributed by atoms with Crippen LogP contribution in [0.5, 0.6) is 0 Å². The number of nitrogens with zero attached hydrogens (tertiary/aromatic N) is 4. The first-order chi connectivity index (χ1) is 8.62. The van der Waals surface area contributed by atoms with Crippen LogP contribution in [0.25, 0.3) is 0 Å². The molecular formula is C12H34N4OP2. The molecule has 0 spiro atoms. The van der Waals surface area contributed by atoms with E-state index in [0.717, 1.165) is 39.3 Å². The average molecular weight is 312 g/mol. The summed E-state index contributed by atoms with van der Waals surface area (Å²) in [6, 6.07) is 0. The molecule has 0 aromatic heterocycles. The largest absolute Gasteiger partial charge is 0.412 e. The van der Waals surface area contributed by atoms with Gasteiger partial charge in [-0.3, -0.25) is 0 Å². The fourth-order valence-electron chi connectivity index (χ4n) is 2.56. The minimum atomic E-state index is -1.72. The maximum absolute atomic E-state index is 4.85. The van der Waals surface area contributed by atoms with Crippen molar-refractivity contribution in [1.82, 2.24) is 14.0 Å². The van der Waals surface area contributed by atoms with Gasteiger partial charge in [0.15, 0.2) is 7.51 Å². The highest BCUT2D eigenvalue weighted by Gasteiger charge is 2.35. The third-order valence-electron chi connectivity index (χ3n) is 3.48. The van der Waals surface area contributed by atoms with Gasteiger partial charge in [-0.15, -0.1) is 0 Å². The summed E-state index contributed by atoms with van der Waals surface area (Å²) in [5.41, 5.74) is 0. The monoisotopic (exact) mass is 312 g/mol. The molecule has 2 N–H and O–H groups in total. The minimum absolute atomic E-state index is 0. The Morgan fingerprint density at radius 1 is 0.684 bits per heavy atom. The first-order valence-corrected chi connectivity index (χ1v) is 9.31. The van der Waals surface area contributed by atoms with Gasteiger partial charge >= 0.3 is 0 Å². The average Bonchev–Trinajstić information content (AvgIpc) is 2.41. The van der Waals surface area contributed by atoms with Crippen molar-refractivity contribution in [3.63, 3.8) is 0 Å². The lowest BCUT2D eigenvalue weighted by Gasteiger charge is -2.48. The summed E-state index contributed by atoms with van der Waals surface area (Å²) in [5, 5.41) is 0. The predicted octanol–water partition coefficient (Wildman–Crippen LogP) is 2.92. The van der Waals surface area contributed by atoms with Gasteiger partial charge < -0.3 is 5.48 Å². The summed E-state index contributed by atoms with van der Waals surface area (Å²) >= 11 is 0. The molecule has 5 nitrogen and oxygen atoms in total. The lowest BCUT2D eigenvalue weighted by Crippen LogP contribution is -2.41. The highest BCUT2D eigenvalue weighted by Crippen LogP contribution is 2.59. The van der Waals surface area contributed by atoms with E-state index in [1.165, 1.54) is 0 Å². The maximum Gasteiger partial charge on any atom is 0.170 e. The molecule has 0 fully saturated rings. The van der Waals surface area contributed by atoms with Crippen LogP contribution in [-0.2, 0) is 0 Å². The van der Waals surface area contributed by atoms with E-state index in [2.05, 4.69) is 64.9 Å². The first kappa shape index (κ1) is 21.8. The highest BCUT2D eigenvalue weighted by atomic mass is 31.2. The molecule has 118 valence electrons. The number of hydrogen-bond acceptors (Lipinski definition) is 1. The minimum Gasteiger partial charge on any atom is -0.412 e. The van der Waals surface area contributed by atoms with Crippen LogP contribution in [-0.4, -0.2) is 58.8 Å². The van der Waals surface area contributed by atoms with Crippen LogP contribution in [0.15, 0.2) is 4.52 Å². The molecule has 0 radical (unpaired) electrons. The quantitative estimate of drug-likeness (QED) is 0.615. The zero-order valence-electron chi connectivity index (χ0n) is 13.6. The Bertz CT molecular complexity index is 226. The van der Waals surface area contributed by atoms with Crippen LogP contribution in [0, 0.1) is 0 Å². The second-order valence-corrected chi connectivity index (χ2v) is 7.76. The molecule has 0 aromatic carbocycles. The normalized spacial score (nSPS) is 12.1. The second-order valence-electron chi connectivity index (χ2n) is 4.07. The first-order valence-electron chi connectivity index (χ1n) is 7.20. The van der Waals surface area contributed by atoms with Crippen molar-refractivity contribution in [2.45, 2.75) is 41.5 Å². The van der Waals surface area contributed by atoms with Crippen LogP contribution >= 0.6 is 16.9 Å². The molecule has 1 unspecified atom stereocenters. The van der Waals surface area contributed by atoms with Crippen molar-refractivity contribution in [2.24, 2.45) is 4.52 Å². The Morgan fingerprint density at radius 3 is 1.00 bits per heavy atom. The molecule has 0 amide bonds. The van der Waals surface area contributed by atoms with E-state index in [9.17, 15) is 0 Å². The summed E-state index contributed by atoms with van der Waals surface area (Å²) in [7, 11) is 0.935. The Labute approximate surface area is 122 Å². The van der Waals surface area contributed by atoms with Crippen LogP contribution in [0.4, 0.5) is 0 Å². The molecular weight excluding hydrogens is 278 g/mol. The van der Waals surface area contributed by atoms with E-state index < -0.39 is 7.51 Å². The summed E-state index contributed by atoms with van der Waals surface area (Å²) in [6.07, 6.45) is 0. The van der Waals surface area contributed by atoms with Crippen molar-refractivity contribution in [3.8, 4) is 0 Å². The predicted molar refractivity (Wildman–Crippen MR) is 91.4 cm³/mol. The second kappa shape index (κ2) is 11.2. The standard InChI is InChI=1S/C12H32N4P2.H2O/c1-7-14(8-2)18(13-17,15(9-3)10-4)16(11-5)12-6;/h7-12,17H2,1-6H3;1H2. The van der Waals surface area contributed by atoms with Gasteiger partial charge in [-0.25, -0.2) is 18.5 Å². The third-order valence-corrected chi connectivity index (χ3v) is 8.70. The topological polar surface area (TPSA) is 53.6 Å². The molecule has 7 heteroatoms. The molecule has 1 atom stereocenters. The van der Waals surface area contributed by atoms with Gasteiger partial charge in [0, 0.05) is 39.3 Å². The lowest BCUT2D eigenvalue weighted by molar-refractivity contribution is 0.341. The summed E-state index contributed by atoms with van der Waals surface area (Å²) in [5.74, 6) is 0. The fourth-order valence-corrected chi connectivity index (χ4v) is 7.67. The van der Waals surface area contributed by atoms with Gasteiger partial charge in [0.2, 0.25) is 0 Å². The van der Waals surface area contributed by atoms with Gasteiger partial charge in [0.05, 0.1) is 0 Å². The van der Waals surface area contributed by atoms with E-state index in [1.54, 1.807) is 0 Å². The third kappa shape index (κ3) is 4.49. The fraction of sp³-hybridized carbons (Fsp3) is 1.00. The van der Waals surface area contributed by atoms with Gasteiger partial charge in [-0.1, -0.05) is 41.5 Å². The van der Waals surface area contributed by atoms with E-state index >= 15 is 0 Å². The van der Waals surface area contributed by atoms with Gasteiger partial charge in [-0.05, 0) is 9.39 Å². The van der Waals surface area contributed by atoms with Crippen LogP contribution < -0.4 is 0 Å². The Morgan fingerprint density at radius 2 is 0.895 bits per heavy atom. The van der Waals surface area contributed by atoms with Crippen molar-refractivity contribution >= 4 is 16.9 Å². The molecule has 0 saturated heterocycles. The van der Waals surface area contributed by atoms with Crippen LogP contribution in [0.1, 0.15) is 41.5 Å². The van der Waals surface area contributed by atoms with Gasteiger partial charge in [-0.2, -0.15) is 0 Å². The Balaban J connectivity index is 0. The molecule has 19 heavy (non-hydrogen) atoms. The molecule has 0 saturated carbocycles. The Kier molecular flexibility index (Phi) is 12.8. The molecule has 0 aliphatic rings. The van der Waals surface area contributed by atoms with E-state index in [0.29, 0.717) is 0 Å². The molecule has 0 aliphatic carbocycles. The van der Waals surface area contributed by atoms with Crippen LogP contribution in [0.3, 0.4) is 0 Å². The van der Waals surface area contributed by atoms with Crippen molar-refractivity contribution in [3.05, 3.63) is 0 Å². The lowest BCUT2D eigenvalue weighted by atomic mass is 10.7. The number of rotatable bonds is 9.